The van der Waals surface area contributed by atoms with Crippen LogP contribution in [0.2, 0.25) is 0 Å². The third-order valence-electron chi connectivity index (χ3n) is 5.12. The highest BCUT2D eigenvalue weighted by atomic mass is 16.5. The number of fused-ring (bicyclic) bond motifs is 2. The van der Waals surface area contributed by atoms with Crippen molar-refractivity contribution >= 4 is 5.91 Å². The second-order valence-corrected chi connectivity index (χ2v) is 6.74. The fourth-order valence-electron chi connectivity index (χ4n) is 3.74. The van der Waals surface area contributed by atoms with Crippen LogP contribution in [0.15, 0.2) is 36.4 Å². The lowest BCUT2D eigenvalue weighted by atomic mass is 9.90. The Kier molecular flexibility index (Phi) is 5.00. The van der Waals surface area contributed by atoms with E-state index in [1.54, 1.807) is 20.3 Å². The minimum Gasteiger partial charge on any atom is -0.497 e. The number of ether oxygens (including phenoxy) is 4. The van der Waals surface area contributed by atoms with Gasteiger partial charge in [0, 0.05) is 11.6 Å². The molecule has 3 atom stereocenters. The molecular weight excluding hydrogens is 360 g/mol. The Balaban J connectivity index is 1.63. The number of para-hydroxylation sites is 1. The second-order valence-electron chi connectivity index (χ2n) is 6.74. The van der Waals surface area contributed by atoms with Crippen LogP contribution in [0, 0.1) is 5.92 Å². The van der Waals surface area contributed by atoms with E-state index >= 15 is 0 Å². The molecule has 0 saturated carbocycles. The monoisotopic (exact) mass is 384 g/mol. The molecule has 2 aromatic rings. The Morgan fingerprint density at radius 3 is 2.75 bits per heavy atom. The van der Waals surface area contributed by atoms with Gasteiger partial charge in [-0.1, -0.05) is 12.1 Å². The molecule has 148 valence electrons. The van der Waals surface area contributed by atoms with Crippen LogP contribution in [0.25, 0.3) is 0 Å². The highest BCUT2D eigenvalue weighted by molar-refractivity contribution is 5.81. The van der Waals surface area contributed by atoms with Crippen molar-refractivity contribution in [3.8, 4) is 23.0 Å². The average Bonchev–Trinajstić information content (AvgIpc) is 2.72. The SMILES string of the molecule is CCOc1cccc2c1OC1NC(c3ccc(OC)cc3OC)NC(=O)C1C2. The van der Waals surface area contributed by atoms with Crippen LogP contribution in [0.4, 0.5) is 0 Å². The first kappa shape index (κ1) is 18.4. The van der Waals surface area contributed by atoms with Gasteiger partial charge < -0.3 is 24.3 Å². The first-order chi connectivity index (χ1) is 13.6. The van der Waals surface area contributed by atoms with E-state index in [0.717, 1.165) is 11.1 Å². The number of methoxy groups -OCH3 is 2. The van der Waals surface area contributed by atoms with Gasteiger partial charge >= 0.3 is 0 Å². The van der Waals surface area contributed by atoms with Crippen molar-refractivity contribution in [2.24, 2.45) is 5.92 Å². The Morgan fingerprint density at radius 2 is 2.00 bits per heavy atom. The van der Waals surface area contributed by atoms with Gasteiger partial charge in [-0.2, -0.15) is 0 Å². The summed E-state index contributed by atoms with van der Waals surface area (Å²) in [6.45, 7) is 2.48. The molecule has 0 aromatic heterocycles. The Morgan fingerprint density at radius 1 is 1.14 bits per heavy atom. The second kappa shape index (κ2) is 7.59. The van der Waals surface area contributed by atoms with E-state index in [9.17, 15) is 4.79 Å². The molecule has 2 heterocycles. The highest BCUT2D eigenvalue weighted by Crippen LogP contribution is 2.40. The predicted molar refractivity (Wildman–Crippen MR) is 103 cm³/mol. The number of hydrogen-bond donors (Lipinski definition) is 2. The Hall–Kier alpha value is -2.93. The summed E-state index contributed by atoms with van der Waals surface area (Å²) in [6, 6.07) is 11.3. The minimum absolute atomic E-state index is 0.0564. The fraction of sp³-hybridized carbons (Fsp3) is 0.381. The van der Waals surface area contributed by atoms with E-state index < -0.39 is 12.4 Å². The number of rotatable bonds is 5. The van der Waals surface area contributed by atoms with Gasteiger partial charge in [-0.15, -0.1) is 0 Å². The summed E-state index contributed by atoms with van der Waals surface area (Å²) < 4.78 is 22.6. The van der Waals surface area contributed by atoms with E-state index in [4.69, 9.17) is 18.9 Å². The largest absolute Gasteiger partial charge is 0.497 e. The van der Waals surface area contributed by atoms with Crippen molar-refractivity contribution in [1.29, 1.82) is 0 Å². The summed E-state index contributed by atoms with van der Waals surface area (Å²) in [6.07, 6.45) is -0.304. The summed E-state index contributed by atoms with van der Waals surface area (Å²) in [4.78, 5) is 12.8. The molecule has 3 unspecified atom stereocenters. The average molecular weight is 384 g/mol. The quantitative estimate of drug-likeness (QED) is 0.824. The zero-order valence-electron chi connectivity index (χ0n) is 16.2. The van der Waals surface area contributed by atoms with Crippen molar-refractivity contribution in [2.75, 3.05) is 20.8 Å². The summed E-state index contributed by atoms with van der Waals surface area (Å²) in [5.74, 6) is 2.34. The number of nitrogens with one attached hydrogen (secondary N) is 2. The van der Waals surface area contributed by atoms with Gasteiger partial charge in [0.05, 0.1) is 26.7 Å². The number of carbonyl (C=O) groups is 1. The molecule has 7 nitrogen and oxygen atoms in total. The molecule has 2 aliphatic rings. The molecule has 2 aromatic carbocycles. The van der Waals surface area contributed by atoms with E-state index in [1.165, 1.54) is 0 Å². The zero-order chi connectivity index (χ0) is 19.7. The molecule has 0 bridgehead atoms. The van der Waals surface area contributed by atoms with Crippen molar-refractivity contribution in [3.05, 3.63) is 47.5 Å². The highest BCUT2D eigenvalue weighted by Gasteiger charge is 2.42. The molecule has 4 rings (SSSR count). The van der Waals surface area contributed by atoms with E-state index in [-0.39, 0.29) is 11.8 Å². The normalized spacial score (nSPS) is 23.0. The number of amides is 1. The molecule has 2 aliphatic heterocycles. The maximum absolute atomic E-state index is 12.8. The van der Waals surface area contributed by atoms with Crippen LogP contribution in [0.1, 0.15) is 24.2 Å². The van der Waals surface area contributed by atoms with Gasteiger partial charge in [0.15, 0.2) is 17.7 Å². The molecule has 0 aliphatic carbocycles. The molecule has 1 fully saturated rings. The third-order valence-corrected chi connectivity index (χ3v) is 5.12. The van der Waals surface area contributed by atoms with Crippen LogP contribution in [-0.4, -0.2) is 33.0 Å². The maximum Gasteiger partial charge on any atom is 0.230 e. The molecule has 28 heavy (non-hydrogen) atoms. The first-order valence-electron chi connectivity index (χ1n) is 9.34. The topological polar surface area (TPSA) is 78.1 Å². The smallest absolute Gasteiger partial charge is 0.230 e. The minimum atomic E-state index is -0.459. The van der Waals surface area contributed by atoms with Crippen LogP contribution in [-0.2, 0) is 11.2 Å². The standard InChI is InChI=1S/C21H24N2O5/c1-4-27-16-7-5-6-12-10-15-20(24)22-19(23-21(15)28-18(12)16)14-9-8-13(25-2)11-17(14)26-3/h5-9,11,15,19,21,23H,4,10H2,1-3H3,(H,22,24). The maximum atomic E-state index is 12.8. The lowest BCUT2D eigenvalue weighted by Gasteiger charge is -2.41. The molecule has 0 radical (unpaired) electrons. The van der Waals surface area contributed by atoms with Crippen molar-refractivity contribution in [3.63, 3.8) is 0 Å². The van der Waals surface area contributed by atoms with Crippen LogP contribution in [0.3, 0.4) is 0 Å². The molecule has 2 N–H and O–H groups in total. The van der Waals surface area contributed by atoms with Crippen LogP contribution >= 0.6 is 0 Å². The van der Waals surface area contributed by atoms with Crippen LogP contribution < -0.4 is 29.6 Å². The van der Waals surface area contributed by atoms with Crippen molar-refractivity contribution < 1.29 is 23.7 Å². The van der Waals surface area contributed by atoms with E-state index in [0.29, 0.717) is 36.0 Å². The van der Waals surface area contributed by atoms with Gasteiger partial charge in [-0.05, 0) is 37.1 Å². The summed E-state index contributed by atoms with van der Waals surface area (Å²) >= 11 is 0. The van der Waals surface area contributed by atoms with Crippen molar-refractivity contribution in [1.82, 2.24) is 10.6 Å². The number of benzene rings is 2. The van der Waals surface area contributed by atoms with Gasteiger partial charge in [-0.3, -0.25) is 10.1 Å². The fourth-order valence-corrected chi connectivity index (χ4v) is 3.74. The van der Waals surface area contributed by atoms with Crippen molar-refractivity contribution in [2.45, 2.75) is 25.7 Å². The Labute approximate surface area is 163 Å². The number of carbonyl (C=O) groups excluding carboxylic acids is 1. The zero-order valence-corrected chi connectivity index (χ0v) is 16.2. The van der Waals surface area contributed by atoms with Gasteiger partial charge in [0.25, 0.3) is 0 Å². The van der Waals surface area contributed by atoms with Gasteiger partial charge in [0.2, 0.25) is 5.91 Å². The summed E-state index contributed by atoms with van der Waals surface area (Å²) in [5, 5.41) is 6.43. The van der Waals surface area contributed by atoms with Gasteiger partial charge in [0.1, 0.15) is 17.7 Å². The summed E-state index contributed by atoms with van der Waals surface area (Å²) in [7, 11) is 3.19. The van der Waals surface area contributed by atoms with E-state index in [1.807, 2.05) is 37.3 Å². The molecular formula is C21H24N2O5. The molecule has 0 spiro atoms. The van der Waals surface area contributed by atoms with Gasteiger partial charge in [-0.25, -0.2) is 0 Å². The van der Waals surface area contributed by atoms with E-state index in [2.05, 4.69) is 10.6 Å². The number of hydrogen-bond acceptors (Lipinski definition) is 6. The Bertz CT molecular complexity index is 885. The summed E-state index contributed by atoms with van der Waals surface area (Å²) in [5.41, 5.74) is 1.78. The molecule has 7 heteroatoms. The van der Waals surface area contributed by atoms with Crippen LogP contribution in [0.5, 0.6) is 23.0 Å². The predicted octanol–water partition coefficient (Wildman–Crippen LogP) is 2.40. The lowest BCUT2D eigenvalue weighted by Crippen LogP contribution is -2.60. The lowest BCUT2D eigenvalue weighted by molar-refractivity contribution is -0.135. The third kappa shape index (κ3) is 3.22. The molecule has 1 saturated heterocycles. The molecule has 1 amide bonds. The first-order valence-corrected chi connectivity index (χ1v) is 9.34.